The number of hydrogen-bond acceptors (Lipinski definition) is 2. The highest BCUT2D eigenvalue weighted by molar-refractivity contribution is 5.33. The fraction of sp³-hybridized carbons (Fsp3) is 0.684. The Bertz CT molecular complexity index is 404. The third kappa shape index (κ3) is 4.23. The molecule has 0 radical (unpaired) electrons. The topological polar surface area (TPSA) is 21.3 Å². The molecule has 1 aliphatic carbocycles. The van der Waals surface area contributed by atoms with Gasteiger partial charge >= 0.3 is 0 Å². The second-order valence-corrected chi connectivity index (χ2v) is 6.60. The van der Waals surface area contributed by atoms with Gasteiger partial charge in [-0.3, -0.25) is 0 Å². The predicted octanol–water partition coefficient (Wildman–Crippen LogP) is 4.53. The van der Waals surface area contributed by atoms with Crippen LogP contribution in [0.1, 0.15) is 58.4 Å². The van der Waals surface area contributed by atoms with Crippen molar-refractivity contribution in [1.82, 2.24) is 5.32 Å². The van der Waals surface area contributed by atoms with Gasteiger partial charge in [0.25, 0.3) is 0 Å². The molecule has 1 aliphatic rings. The molecule has 0 bridgehead atoms. The van der Waals surface area contributed by atoms with Crippen molar-refractivity contribution < 1.29 is 4.74 Å². The second-order valence-electron chi connectivity index (χ2n) is 6.60. The third-order valence-electron chi connectivity index (χ3n) is 4.90. The molecule has 0 spiro atoms. The number of rotatable bonds is 7. The quantitative estimate of drug-likeness (QED) is 0.744. The fourth-order valence-corrected chi connectivity index (χ4v) is 3.46. The van der Waals surface area contributed by atoms with E-state index in [2.05, 4.69) is 43.4 Å². The maximum atomic E-state index is 5.58. The first-order valence-corrected chi connectivity index (χ1v) is 8.64. The summed E-state index contributed by atoms with van der Waals surface area (Å²) in [4.78, 5) is 0. The van der Waals surface area contributed by atoms with Crippen LogP contribution in [0, 0.1) is 5.92 Å². The van der Waals surface area contributed by atoms with E-state index in [1.807, 2.05) is 6.92 Å². The van der Waals surface area contributed by atoms with Crippen molar-refractivity contribution in [3.63, 3.8) is 0 Å². The highest BCUT2D eigenvalue weighted by Crippen LogP contribution is 2.41. The van der Waals surface area contributed by atoms with Gasteiger partial charge in [0.2, 0.25) is 0 Å². The zero-order valence-corrected chi connectivity index (χ0v) is 14.0. The fourth-order valence-electron chi connectivity index (χ4n) is 3.46. The van der Waals surface area contributed by atoms with Gasteiger partial charge in [0.1, 0.15) is 5.75 Å². The van der Waals surface area contributed by atoms with Crippen molar-refractivity contribution in [3.05, 3.63) is 29.8 Å². The average molecular weight is 289 g/mol. The molecule has 118 valence electrons. The monoisotopic (exact) mass is 289 g/mol. The Kier molecular flexibility index (Phi) is 6.10. The molecule has 2 heteroatoms. The lowest BCUT2D eigenvalue weighted by Gasteiger charge is -2.40. The molecular formula is C19H31NO. The summed E-state index contributed by atoms with van der Waals surface area (Å²) in [5.74, 6) is 1.87. The summed E-state index contributed by atoms with van der Waals surface area (Å²) < 4.78 is 5.58. The van der Waals surface area contributed by atoms with Gasteiger partial charge in [-0.1, -0.05) is 26.0 Å². The lowest BCUT2D eigenvalue weighted by atomic mass is 9.67. The molecule has 0 atom stereocenters. The van der Waals surface area contributed by atoms with E-state index in [4.69, 9.17) is 4.74 Å². The van der Waals surface area contributed by atoms with Crippen molar-refractivity contribution in [2.24, 2.45) is 5.92 Å². The Morgan fingerprint density at radius 3 is 2.38 bits per heavy atom. The van der Waals surface area contributed by atoms with Crippen LogP contribution in [0.15, 0.2) is 24.3 Å². The summed E-state index contributed by atoms with van der Waals surface area (Å²) in [6.07, 6.45) is 6.51. The minimum Gasteiger partial charge on any atom is -0.494 e. The smallest absolute Gasteiger partial charge is 0.119 e. The zero-order chi connectivity index (χ0) is 15.1. The Balaban J connectivity index is 2.13. The van der Waals surface area contributed by atoms with E-state index in [0.29, 0.717) is 5.41 Å². The molecule has 0 unspecified atom stereocenters. The number of nitrogens with one attached hydrogen (secondary N) is 1. The van der Waals surface area contributed by atoms with Gasteiger partial charge in [-0.05, 0) is 69.2 Å². The average Bonchev–Trinajstić information content (AvgIpc) is 2.51. The van der Waals surface area contributed by atoms with Crippen molar-refractivity contribution in [2.45, 2.75) is 58.3 Å². The molecule has 1 fully saturated rings. The van der Waals surface area contributed by atoms with Crippen LogP contribution in [0.3, 0.4) is 0 Å². The summed E-state index contributed by atoms with van der Waals surface area (Å²) in [6, 6.07) is 8.85. The molecule has 1 N–H and O–H groups in total. The molecule has 0 aromatic heterocycles. The van der Waals surface area contributed by atoms with E-state index in [1.54, 1.807) is 0 Å². The molecule has 1 aromatic rings. The van der Waals surface area contributed by atoms with Crippen LogP contribution in [0.5, 0.6) is 5.75 Å². The van der Waals surface area contributed by atoms with Gasteiger partial charge < -0.3 is 10.1 Å². The van der Waals surface area contributed by atoms with E-state index < -0.39 is 0 Å². The van der Waals surface area contributed by atoms with Crippen molar-refractivity contribution >= 4 is 0 Å². The Morgan fingerprint density at radius 1 is 1.14 bits per heavy atom. The lowest BCUT2D eigenvalue weighted by Crippen LogP contribution is -2.41. The first-order valence-electron chi connectivity index (χ1n) is 8.64. The molecule has 0 saturated heterocycles. The Labute approximate surface area is 130 Å². The SMILES string of the molecule is CCCNCC1(c2ccc(OCC)cc2)CCC(C)CC1. The number of hydrogen-bond donors (Lipinski definition) is 1. The predicted molar refractivity (Wildman–Crippen MR) is 90.1 cm³/mol. The van der Waals surface area contributed by atoms with E-state index >= 15 is 0 Å². The summed E-state index contributed by atoms with van der Waals surface area (Å²) in [5, 5.41) is 3.67. The van der Waals surface area contributed by atoms with Crippen LogP contribution in [-0.2, 0) is 5.41 Å². The zero-order valence-electron chi connectivity index (χ0n) is 14.0. The number of benzene rings is 1. The maximum Gasteiger partial charge on any atom is 0.119 e. The van der Waals surface area contributed by atoms with Gasteiger partial charge in [-0.25, -0.2) is 0 Å². The molecule has 0 aliphatic heterocycles. The van der Waals surface area contributed by atoms with Crippen molar-refractivity contribution in [1.29, 1.82) is 0 Å². The maximum absolute atomic E-state index is 5.58. The van der Waals surface area contributed by atoms with Gasteiger partial charge in [-0.2, -0.15) is 0 Å². The van der Waals surface area contributed by atoms with Gasteiger partial charge in [0.05, 0.1) is 6.61 Å². The standard InChI is InChI=1S/C19H31NO/c1-4-14-20-15-19(12-10-16(3)11-13-19)17-6-8-18(9-7-17)21-5-2/h6-9,16,20H,4-5,10-15H2,1-3H3. The molecule has 1 aromatic carbocycles. The highest BCUT2D eigenvalue weighted by atomic mass is 16.5. The van der Waals surface area contributed by atoms with Crippen molar-refractivity contribution in [2.75, 3.05) is 19.7 Å². The molecule has 21 heavy (non-hydrogen) atoms. The third-order valence-corrected chi connectivity index (χ3v) is 4.90. The van der Waals surface area contributed by atoms with E-state index in [0.717, 1.165) is 31.4 Å². The normalized spacial score (nSPS) is 25.8. The molecular weight excluding hydrogens is 258 g/mol. The highest BCUT2D eigenvalue weighted by Gasteiger charge is 2.35. The number of ether oxygens (including phenoxy) is 1. The molecule has 2 rings (SSSR count). The summed E-state index contributed by atoms with van der Waals surface area (Å²) in [7, 11) is 0. The van der Waals surface area contributed by atoms with Crippen molar-refractivity contribution in [3.8, 4) is 5.75 Å². The molecule has 2 nitrogen and oxygen atoms in total. The van der Waals surface area contributed by atoms with Crippen LogP contribution >= 0.6 is 0 Å². The van der Waals surface area contributed by atoms with Crippen LogP contribution < -0.4 is 10.1 Å². The van der Waals surface area contributed by atoms with E-state index in [-0.39, 0.29) is 0 Å². The molecule has 1 saturated carbocycles. The largest absolute Gasteiger partial charge is 0.494 e. The minimum absolute atomic E-state index is 0.326. The van der Waals surface area contributed by atoms with Crippen LogP contribution in [0.2, 0.25) is 0 Å². The van der Waals surface area contributed by atoms with E-state index in [9.17, 15) is 0 Å². The summed E-state index contributed by atoms with van der Waals surface area (Å²) in [5.41, 5.74) is 1.81. The molecule has 0 heterocycles. The van der Waals surface area contributed by atoms with Gasteiger partial charge in [0.15, 0.2) is 0 Å². The van der Waals surface area contributed by atoms with Crippen LogP contribution in [0.25, 0.3) is 0 Å². The Hall–Kier alpha value is -1.02. The minimum atomic E-state index is 0.326. The van der Waals surface area contributed by atoms with Crippen LogP contribution in [-0.4, -0.2) is 19.7 Å². The first kappa shape index (κ1) is 16.4. The first-order chi connectivity index (χ1) is 10.2. The Morgan fingerprint density at radius 2 is 1.81 bits per heavy atom. The van der Waals surface area contributed by atoms with Gasteiger partial charge in [-0.15, -0.1) is 0 Å². The van der Waals surface area contributed by atoms with E-state index in [1.165, 1.54) is 37.7 Å². The van der Waals surface area contributed by atoms with Gasteiger partial charge in [0, 0.05) is 12.0 Å². The summed E-state index contributed by atoms with van der Waals surface area (Å²) in [6.45, 7) is 9.63. The van der Waals surface area contributed by atoms with Crippen LogP contribution in [0.4, 0.5) is 0 Å². The molecule has 0 amide bonds. The summed E-state index contributed by atoms with van der Waals surface area (Å²) >= 11 is 0. The second kappa shape index (κ2) is 7.84. The lowest BCUT2D eigenvalue weighted by molar-refractivity contribution is 0.233.